The van der Waals surface area contributed by atoms with E-state index in [9.17, 15) is 14.7 Å². The lowest BCUT2D eigenvalue weighted by atomic mass is 9.91. The minimum Gasteiger partial charge on any atom is -0.507 e. The van der Waals surface area contributed by atoms with Crippen LogP contribution in [0, 0.1) is 6.92 Å². The average molecular weight is 435 g/mol. The van der Waals surface area contributed by atoms with Gasteiger partial charge in [-0.1, -0.05) is 32.3 Å². The molecule has 0 spiro atoms. The summed E-state index contributed by atoms with van der Waals surface area (Å²) < 4.78 is 5.74. The fraction of sp³-hybridized carbons (Fsp3) is 0.423. The summed E-state index contributed by atoms with van der Waals surface area (Å²) in [7, 11) is 0. The number of Topliss-reactive ketones (excluding diaryl/α,β-unsaturated/α-hetero) is 1. The topological polar surface area (TPSA) is 79.7 Å². The maximum atomic E-state index is 13.2. The Hall–Kier alpha value is -3.15. The molecule has 1 aliphatic heterocycles. The summed E-state index contributed by atoms with van der Waals surface area (Å²) in [5.41, 5.74) is 2.23. The van der Waals surface area contributed by atoms with E-state index in [1.807, 2.05) is 19.9 Å². The molecule has 32 heavy (non-hydrogen) atoms. The highest BCUT2D eigenvalue weighted by Crippen LogP contribution is 2.43. The predicted octanol–water partition coefficient (Wildman–Crippen LogP) is 4.93. The third kappa shape index (κ3) is 4.14. The van der Waals surface area contributed by atoms with Gasteiger partial charge in [-0.15, -0.1) is 0 Å². The van der Waals surface area contributed by atoms with Gasteiger partial charge in [0.15, 0.2) is 0 Å². The van der Waals surface area contributed by atoms with E-state index in [4.69, 9.17) is 4.74 Å². The summed E-state index contributed by atoms with van der Waals surface area (Å²) in [6.45, 7) is 4.56. The number of carbonyl (C=O) groups excluding carboxylic acids is 2. The third-order valence-electron chi connectivity index (χ3n) is 6.36. The summed E-state index contributed by atoms with van der Waals surface area (Å²) in [4.78, 5) is 32.3. The lowest BCUT2D eigenvalue weighted by Crippen LogP contribution is -2.40. The van der Waals surface area contributed by atoms with E-state index in [1.165, 1.54) is 0 Å². The van der Waals surface area contributed by atoms with Crippen LogP contribution in [0.1, 0.15) is 68.2 Å². The fourth-order valence-corrected chi connectivity index (χ4v) is 4.78. The van der Waals surface area contributed by atoms with Gasteiger partial charge in [-0.3, -0.25) is 14.6 Å². The number of rotatable bonds is 6. The van der Waals surface area contributed by atoms with Crippen LogP contribution in [0.2, 0.25) is 0 Å². The van der Waals surface area contributed by atoms with Gasteiger partial charge in [0.2, 0.25) is 0 Å². The molecule has 4 rings (SSSR count). The highest BCUT2D eigenvalue weighted by Gasteiger charge is 2.48. The number of hydrogen-bond donors (Lipinski definition) is 1. The number of ketones is 1. The molecule has 2 aromatic rings. The highest BCUT2D eigenvalue weighted by molar-refractivity contribution is 6.46. The normalized spacial score (nSPS) is 21.2. The summed E-state index contributed by atoms with van der Waals surface area (Å²) >= 11 is 0. The van der Waals surface area contributed by atoms with Crippen molar-refractivity contribution in [1.29, 1.82) is 0 Å². The van der Waals surface area contributed by atoms with E-state index < -0.39 is 17.7 Å². The maximum absolute atomic E-state index is 13.2. The number of carbonyl (C=O) groups is 2. The number of ether oxygens (including phenoxy) is 1. The molecule has 1 amide bonds. The summed E-state index contributed by atoms with van der Waals surface area (Å²) in [5, 5.41) is 11.3. The maximum Gasteiger partial charge on any atom is 0.295 e. The number of amides is 1. The van der Waals surface area contributed by atoms with Gasteiger partial charge < -0.3 is 14.7 Å². The molecule has 2 heterocycles. The van der Waals surface area contributed by atoms with E-state index in [0.717, 1.165) is 55.4 Å². The number of aliphatic hydroxyl groups excluding tert-OH is 1. The molecule has 1 unspecified atom stereocenters. The van der Waals surface area contributed by atoms with Crippen LogP contribution in [0.3, 0.4) is 0 Å². The number of pyridine rings is 1. The van der Waals surface area contributed by atoms with Crippen LogP contribution >= 0.6 is 0 Å². The van der Waals surface area contributed by atoms with E-state index in [-0.39, 0.29) is 17.4 Å². The molecule has 2 fully saturated rings. The Bertz CT molecular complexity index is 1030. The average Bonchev–Trinajstić information content (AvgIpc) is 3.09. The molecule has 168 valence electrons. The molecule has 6 heteroatoms. The Labute approximate surface area is 188 Å². The van der Waals surface area contributed by atoms with Gasteiger partial charge in [-0.05, 0) is 61.6 Å². The number of nitrogens with zero attached hydrogens (tertiary/aromatic N) is 2. The van der Waals surface area contributed by atoms with Crippen LogP contribution in [0.5, 0.6) is 5.75 Å². The van der Waals surface area contributed by atoms with Gasteiger partial charge >= 0.3 is 0 Å². The van der Waals surface area contributed by atoms with Crippen molar-refractivity contribution in [3.05, 3.63) is 65.0 Å². The second-order valence-corrected chi connectivity index (χ2v) is 8.61. The molecular weight excluding hydrogens is 404 g/mol. The molecule has 2 aliphatic rings. The quantitative estimate of drug-likeness (QED) is 0.396. The minimum atomic E-state index is -0.636. The number of aliphatic hydroxyl groups is 1. The number of benzene rings is 1. The number of aryl methyl sites for hydroxylation is 1. The lowest BCUT2D eigenvalue weighted by molar-refractivity contribution is -0.141. The molecule has 1 atom stereocenters. The molecule has 1 aliphatic carbocycles. The van der Waals surface area contributed by atoms with Crippen LogP contribution in [0.25, 0.3) is 5.76 Å². The van der Waals surface area contributed by atoms with Gasteiger partial charge in [0, 0.05) is 24.0 Å². The van der Waals surface area contributed by atoms with E-state index in [2.05, 4.69) is 4.98 Å². The molecular formula is C26H30N2O4. The third-order valence-corrected chi connectivity index (χ3v) is 6.36. The zero-order valence-electron chi connectivity index (χ0n) is 18.7. The summed E-state index contributed by atoms with van der Waals surface area (Å²) in [6.07, 6.45) is 9.18. The van der Waals surface area contributed by atoms with Gasteiger partial charge in [-0.2, -0.15) is 0 Å². The molecule has 1 aromatic carbocycles. The molecule has 1 saturated heterocycles. The molecule has 6 nitrogen and oxygen atoms in total. The first-order valence-corrected chi connectivity index (χ1v) is 11.5. The molecule has 1 N–H and O–H groups in total. The molecule has 0 radical (unpaired) electrons. The van der Waals surface area contributed by atoms with Crippen molar-refractivity contribution in [3.63, 3.8) is 0 Å². The Morgan fingerprint density at radius 1 is 1.19 bits per heavy atom. The van der Waals surface area contributed by atoms with Crippen LogP contribution in [0.15, 0.2) is 48.3 Å². The van der Waals surface area contributed by atoms with Crippen LogP contribution in [-0.4, -0.2) is 39.3 Å². The summed E-state index contributed by atoms with van der Waals surface area (Å²) in [5.74, 6) is -0.576. The Morgan fingerprint density at radius 2 is 1.97 bits per heavy atom. The molecule has 1 aromatic heterocycles. The van der Waals surface area contributed by atoms with E-state index >= 15 is 0 Å². The Morgan fingerprint density at radius 3 is 2.62 bits per heavy atom. The van der Waals surface area contributed by atoms with Crippen molar-refractivity contribution in [2.45, 2.75) is 64.5 Å². The first kappa shape index (κ1) is 22.1. The first-order chi connectivity index (χ1) is 15.5. The predicted molar refractivity (Wildman–Crippen MR) is 122 cm³/mol. The monoisotopic (exact) mass is 434 g/mol. The number of aromatic nitrogens is 1. The van der Waals surface area contributed by atoms with Crippen molar-refractivity contribution in [2.75, 3.05) is 6.61 Å². The van der Waals surface area contributed by atoms with Gasteiger partial charge in [0.1, 0.15) is 11.5 Å². The van der Waals surface area contributed by atoms with Gasteiger partial charge in [0.05, 0.1) is 18.2 Å². The van der Waals surface area contributed by atoms with Gasteiger partial charge in [-0.25, -0.2) is 0 Å². The van der Waals surface area contributed by atoms with Crippen LogP contribution in [-0.2, 0) is 9.59 Å². The van der Waals surface area contributed by atoms with E-state index in [1.54, 1.807) is 41.6 Å². The number of likely N-dealkylation sites (tertiary alicyclic amines) is 1. The summed E-state index contributed by atoms with van der Waals surface area (Å²) in [6, 6.07) is 8.34. The zero-order chi connectivity index (χ0) is 22.7. The van der Waals surface area contributed by atoms with Crippen molar-refractivity contribution < 1.29 is 19.4 Å². The minimum absolute atomic E-state index is 0.0118. The van der Waals surface area contributed by atoms with Crippen molar-refractivity contribution >= 4 is 17.4 Å². The fourth-order valence-electron chi connectivity index (χ4n) is 4.78. The van der Waals surface area contributed by atoms with Crippen molar-refractivity contribution in [3.8, 4) is 5.75 Å². The molecule has 0 bridgehead atoms. The second kappa shape index (κ2) is 9.55. The second-order valence-electron chi connectivity index (χ2n) is 8.61. The largest absolute Gasteiger partial charge is 0.507 e. The van der Waals surface area contributed by atoms with Gasteiger partial charge in [0.25, 0.3) is 11.7 Å². The SMILES string of the molecule is CCCOc1ccc(/C(O)=C2/C(=O)C(=O)N(C3CCCCC3)C2c2cccnc2)cc1C. The Balaban J connectivity index is 1.79. The molecule has 1 saturated carbocycles. The first-order valence-electron chi connectivity index (χ1n) is 11.5. The smallest absolute Gasteiger partial charge is 0.295 e. The van der Waals surface area contributed by atoms with Crippen molar-refractivity contribution in [2.24, 2.45) is 0 Å². The highest BCUT2D eigenvalue weighted by atomic mass is 16.5. The standard InChI is InChI=1S/C26H30N2O4/c1-3-14-32-21-12-11-18(15-17(21)2)24(29)22-23(19-8-7-13-27-16-19)28(26(31)25(22)30)20-9-5-4-6-10-20/h7-8,11-13,15-16,20,23,29H,3-6,9-10,14H2,1-2H3/b24-22-. The van der Waals surface area contributed by atoms with Crippen molar-refractivity contribution in [1.82, 2.24) is 9.88 Å². The van der Waals surface area contributed by atoms with Crippen LogP contribution in [0.4, 0.5) is 0 Å². The zero-order valence-corrected chi connectivity index (χ0v) is 18.7. The number of hydrogen-bond acceptors (Lipinski definition) is 5. The Kier molecular flexibility index (Phi) is 6.58. The van der Waals surface area contributed by atoms with E-state index in [0.29, 0.717) is 12.2 Å². The lowest BCUT2D eigenvalue weighted by Gasteiger charge is -2.35. The van der Waals surface area contributed by atoms with Crippen LogP contribution < -0.4 is 4.74 Å².